The SMILES string of the molecule is C[C@H]1Oc2ccccc2O[C@@H]1C(=O)Nc1ccccc1C(=O)[O-]. The van der Waals surface area contributed by atoms with Crippen molar-refractivity contribution in [2.45, 2.75) is 19.1 Å². The van der Waals surface area contributed by atoms with Gasteiger partial charge in [0.15, 0.2) is 11.5 Å². The number of carboxylic acids is 1. The molecule has 0 aromatic heterocycles. The first-order chi connectivity index (χ1) is 11.1. The van der Waals surface area contributed by atoms with E-state index in [9.17, 15) is 14.7 Å². The number of amides is 1. The summed E-state index contributed by atoms with van der Waals surface area (Å²) in [5, 5.41) is 13.6. The van der Waals surface area contributed by atoms with Crippen molar-refractivity contribution < 1.29 is 24.2 Å². The molecule has 0 aliphatic carbocycles. The number of benzene rings is 2. The topological polar surface area (TPSA) is 87.7 Å². The third kappa shape index (κ3) is 2.96. The van der Waals surface area contributed by atoms with Crippen LogP contribution in [0.25, 0.3) is 0 Å². The lowest BCUT2D eigenvalue weighted by Gasteiger charge is -2.31. The van der Waals surface area contributed by atoms with Crippen LogP contribution >= 0.6 is 0 Å². The van der Waals surface area contributed by atoms with Gasteiger partial charge in [0.1, 0.15) is 6.10 Å². The number of hydrogen-bond donors (Lipinski definition) is 1. The van der Waals surface area contributed by atoms with Crippen LogP contribution in [0, 0.1) is 0 Å². The third-order valence-electron chi connectivity index (χ3n) is 3.51. The maximum Gasteiger partial charge on any atom is 0.269 e. The van der Waals surface area contributed by atoms with E-state index in [4.69, 9.17) is 9.47 Å². The number of carbonyl (C=O) groups is 2. The zero-order valence-electron chi connectivity index (χ0n) is 12.3. The molecule has 1 amide bonds. The lowest BCUT2D eigenvalue weighted by molar-refractivity contribution is -0.254. The molecule has 0 spiro atoms. The Bertz CT molecular complexity index is 758. The van der Waals surface area contributed by atoms with Crippen molar-refractivity contribution in [2.24, 2.45) is 0 Å². The second kappa shape index (κ2) is 6.00. The molecule has 0 bridgehead atoms. The van der Waals surface area contributed by atoms with E-state index in [1.165, 1.54) is 12.1 Å². The number of nitrogens with one attached hydrogen (secondary N) is 1. The first-order valence-corrected chi connectivity index (χ1v) is 7.10. The van der Waals surface area contributed by atoms with Gasteiger partial charge in [0.25, 0.3) is 5.91 Å². The highest BCUT2D eigenvalue weighted by molar-refractivity contribution is 6.01. The Kier molecular flexibility index (Phi) is 3.89. The number of para-hydroxylation sites is 3. The summed E-state index contributed by atoms with van der Waals surface area (Å²) >= 11 is 0. The number of anilines is 1. The normalized spacial score (nSPS) is 19.0. The number of ether oxygens (including phenoxy) is 2. The number of hydrogen-bond acceptors (Lipinski definition) is 5. The highest BCUT2D eigenvalue weighted by Crippen LogP contribution is 2.33. The Morgan fingerprint density at radius 2 is 1.61 bits per heavy atom. The first-order valence-electron chi connectivity index (χ1n) is 7.10. The molecule has 1 N–H and O–H groups in total. The molecular formula is C17H14NO5-. The monoisotopic (exact) mass is 312 g/mol. The number of carbonyl (C=O) groups excluding carboxylic acids is 2. The van der Waals surface area contributed by atoms with Gasteiger partial charge in [-0.25, -0.2) is 0 Å². The van der Waals surface area contributed by atoms with Gasteiger partial charge in [0.2, 0.25) is 6.10 Å². The van der Waals surface area contributed by atoms with Crippen molar-refractivity contribution in [3.05, 3.63) is 54.1 Å². The molecule has 0 saturated heterocycles. The number of rotatable bonds is 3. The average molecular weight is 312 g/mol. The highest BCUT2D eigenvalue weighted by Gasteiger charge is 2.34. The fraction of sp³-hybridized carbons (Fsp3) is 0.176. The van der Waals surface area contributed by atoms with Gasteiger partial charge >= 0.3 is 0 Å². The van der Waals surface area contributed by atoms with E-state index in [1.54, 1.807) is 37.3 Å². The number of fused-ring (bicyclic) bond motifs is 1. The van der Waals surface area contributed by atoms with Gasteiger partial charge < -0.3 is 24.7 Å². The molecule has 0 fully saturated rings. The van der Waals surface area contributed by atoms with Crippen LogP contribution in [0.1, 0.15) is 17.3 Å². The standard InChI is InChI=1S/C17H15NO5/c1-10-15(23-14-9-5-4-8-13(14)22-10)16(19)18-12-7-3-2-6-11(12)17(20)21/h2-10,15H,1H3,(H,18,19)(H,20,21)/p-1/t10-,15+/m1/s1. The number of carboxylic acid groups (broad SMARTS) is 1. The zero-order chi connectivity index (χ0) is 16.4. The van der Waals surface area contributed by atoms with Crippen LogP contribution in [0.15, 0.2) is 48.5 Å². The van der Waals surface area contributed by atoms with E-state index in [2.05, 4.69) is 5.32 Å². The Morgan fingerprint density at radius 1 is 1.00 bits per heavy atom. The summed E-state index contributed by atoms with van der Waals surface area (Å²) < 4.78 is 11.3. The Hall–Kier alpha value is -3.02. The summed E-state index contributed by atoms with van der Waals surface area (Å²) in [5.74, 6) is -0.807. The van der Waals surface area contributed by atoms with Gasteiger partial charge in [0, 0.05) is 11.3 Å². The van der Waals surface area contributed by atoms with Crippen LogP contribution in [-0.2, 0) is 4.79 Å². The molecule has 1 aliphatic heterocycles. The smallest absolute Gasteiger partial charge is 0.269 e. The molecule has 2 aromatic carbocycles. The lowest BCUT2D eigenvalue weighted by Crippen LogP contribution is -2.46. The van der Waals surface area contributed by atoms with Crippen LogP contribution < -0.4 is 19.9 Å². The minimum atomic E-state index is -1.36. The maximum absolute atomic E-state index is 12.4. The molecule has 3 rings (SSSR count). The van der Waals surface area contributed by atoms with E-state index in [0.717, 1.165) is 0 Å². The van der Waals surface area contributed by atoms with Crippen molar-refractivity contribution in [1.29, 1.82) is 0 Å². The second-order valence-electron chi connectivity index (χ2n) is 5.13. The van der Waals surface area contributed by atoms with Crippen LogP contribution in [0.2, 0.25) is 0 Å². The van der Waals surface area contributed by atoms with E-state index >= 15 is 0 Å². The zero-order valence-corrected chi connectivity index (χ0v) is 12.3. The quantitative estimate of drug-likeness (QED) is 0.920. The molecule has 118 valence electrons. The molecule has 6 heteroatoms. The summed E-state index contributed by atoms with van der Waals surface area (Å²) in [6.07, 6.45) is -1.40. The largest absolute Gasteiger partial charge is 0.545 e. The van der Waals surface area contributed by atoms with Crippen molar-refractivity contribution in [2.75, 3.05) is 5.32 Å². The summed E-state index contributed by atoms with van der Waals surface area (Å²) in [7, 11) is 0. The van der Waals surface area contributed by atoms with Crippen LogP contribution in [0.3, 0.4) is 0 Å². The third-order valence-corrected chi connectivity index (χ3v) is 3.51. The summed E-state index contributed by atoms with van der Waals surface area (Å²) in [4.78, 5) is 23.5. The summed E-state index contributed by atoms with van der Waals surface area (Å²) in [6, 6.07) is 13.1. The molecular weight excluding hydrogens is 298 g/mol. The van der Waals surface area contributed by atoms with E-state index < -0.39 is 24.1 Å². The molecule has 0 radical (unpaired) electrons. The van der Waals surface area contributed by atoms with E-state index in [1.807, 2.05) is 6.07 Å². The van der Waals surface area contributed by atoms with Crippen LogP contribution in [0.5, 0.6) is 11.5 Å². The van der Waals surface area contributed by atoms with Crippen molar-refractivity contribution >= 4 is 17.6 Å². The molecule has 23 heavy (non-hydrogen) atoms. The fourth-order valence-electron chi connectivity index (χ4n) is 2.38. The van der Waals surface area contributed by atoms with Crippen LogP contribution in [-0.4, -0.2) is 24.1 Å². The second-order valence-corrected chi connectivity index (χ2v) is 5.13. The van der Waals surface area contributed by atoms with Crippen LogP contribution in [0.4, 0.5) is 5.69 Å². The Labute approximate surface area is 132 Å². The van der Waals surface area contributed by atoms with Gasteiger partial charge in [-0.05, 0) is 25.1 Å². The summed E-state index contributed by atoms with van der Waals surface area (Å²) in [5.41, 5.74) is 0.0674. The maximum atomic E-state index is 12.4. The van der Waals surface area contributed by atoms with E-state index in [-0.39, 0.29) is 11.3 Å². The molecule has 0 saturated carbocycles. The molecule has 2 aromatic rings. The molecule has 1 aliphatic rings. The van der Waals surface area contributed by atoms with Gasteiger partial charge in [0.05, 0.1) is 5.97 Å². The number of aromatic carboxylic acids is 1. The molecule has 0 unspecified atom stereocenters. The van der Waals surface area contributed by atoms with Crippen molar-refractivity contribution in [3.8, 4) is 11.5 Å². The average Bonchev–Trinajstić information content (AvgIpc) is 2.54. The summed E-state index contributed by atoms with van der Waals surface area (Å²) in [6.45, 7) is 1.71. The molecule has 1 heterocycles. The first kappa shape index (κ1) is 14.9. The predicted molar refractivity (Wildman–Crippen MR) is 80.4 cm³/mol. The van der Waals surface area contributed by atoms with Gasteiger partial charge in [-0.15, -0.1) is 0 Å². The lowest BCUT2D eigenvalue weighted by atomic mass is 10.1. The Balaban J connectivity index is 1.81. The molecule has 6 nitrogen and oxygen atoms in total. The fourth-order valence-corrected chi connectivity index (χ4v) is 2.38. The predicted octanol–water partition coefficient (Wildman–Crippen LogP) is 1.22. The van der Waals surface area contributed by atoms with Gasteiger partial charge in [-0.1, -0.05) is 30.3 Å². The van der Waals surface area contributed by atoms with E-state index in [0.29, 0.717) is 11.5 Å². The van der Waals surface area contributed by atoms with Gasteiger partial charge in [-0.2, -0.15) is 0 Å². The van der Waals surface area contributed by atoms with Crippen molar-refractivity contribution in [3.63, 3.8) is 0 Å². The molecule has 2 atom stereocenters. The van der Waals surface area contributed by atoms with Crippen molar-refractivity contribution in [1.82, 2.24) is 0 Å². The minimum Gasteiger partial charge on any atom is -0.545 e. The van der Waals surface area contributed by atoms with Gasteiger partial charge in [-0.3, -0.25) is 4.79 Å². The minimum absolute atomic E-state index is 0.0920. The highest BCUT2D eigenvalue weighted by atomic mass is 16.6. The Morgan fingerprint density at radius 3 is 2.30 bits per heavy atom.